The molecule has 0 bridgehead atoms. The number of nitrogens with one attached hydrogen (secondary N) is 2. The first-order valence-electron chi connectivity index (χ1n) is 9.58. The van der Waals surface area contributed by atoms with Crippen LogP contribution in [-0.4, -0.2) is 16.1 Å². The van der Waals surface area contributed by atoms with Gasteiger partial charge in [0.25, 0.3) is 5.91 Å². The first-order chi connectivity index (χ1) is 15.6. The molecule has 0 saturated heterocycles. The molecule has 2 amide bonds. The van der Waals surface area contributed by atoms with Gasteiger partial charge < -0.3 is 10.6 Å². The van der Waals surface area contributed by atoms with E-state index in [9.17, 15) is 18.4 Å². The molecule has 0 aromatic heterocycles. The molecule has 4 nitrogen and oxygen atoms in total. The number of hydrogen-bond acceptors (Lipinski definition) is 2. The molecule has 1 saturated carbocycles. The molecule has 0 unspecified atom stereocenters. The number of anilines is 2. The second kappa shape index (κ2) is 9.11. The molecule has 3 aromatic rings. The monoisotopic (exact) mass is 528 g/mol. The lowest BCUT2D eigenvalue weighted by Gasteiger charge is -2.10. The molecule has 33 heavy (non-hydrogen) atoms. The molecule has 4 rings (SSSR count). The highest BCUT2D eigenvalue weighted by atomic mass is 35.5. The summed E-state index contributed by atoms with van der Waals surface area (Å²) in [4.78, 5) is 25.5. The number of rotatable bonds is 5. The van der Waals surface area contributed by atoms with Crippen LogP contribution in [0, 0.1) is 17.6 Å². The van der Waals surface area contributed by atoms with E-state index >= 15 is 0 Å². The van der Waals surface area contributed by atoms with E-state index in [1.54, 1.807) is 0 Å². The maximum Gasteiger partial charge on any atom is 0.257 e. The SMILES string of the molecule is O=C(Nc1ccc(F)cc1)c1cc(NC(=O)[C@H]2[C@H](c3ccc(F)c(Cl)c3)C2(Cl)Cl)ccc1Cl. The number of carbonyl (C=O) groups excluding carboxylic acids is 2. The normalized spacial score (nSPS) is 18.5. The summed E-state index contributed by atoms with van der Waals surface area (Å²) in [6, 6.07) is 13.6. The van der Waals surface area contributed by atoms with E-state index in [1.807, 2.05) is 0 Å². The standard InChI is InChI=1S/C23H14Cl4F2N2O2/c24-16-7-6-14(10-15(16)21(32)30-13-4-2-12(28)3-5-13)31-22(33)20-19(23(20,26)27)11-1-8-18(29)17(25)9-11/h1-10,19-20H,(H,30,32)(H,31,33)/t19-,20+/m0/s1. The predicted octanol–water partition coefficient (Wildman–Crippen LogP) is 7.05. The third-order valence-electron chi connectivity index (χ3n) is 5.22. The molecular formula is C23H14Cl4F2N2O2. The Labute approximate surface area is 207 Å². The van der Waals surface area contributed by atoms with Crippen molar-refractivity contribution in [3.05, 3.63) is 93.5 Å². The Bertz CT molecular complexity index is 1250. The Balaban J connectivity index is 1.50. The molecule has 0 aliphatic heterocycles. The van der Waals surface area contributed by atoms with Gasteiger partial charge in [0.1, 0.15) is 16.0 Å². The largest absolute Gasteiger partial charge is 0.326 e. The van der Waals surface area contributed by atoms with Gasteiger partial charge in [-0.15, -0.1) is 23.2 Å². The zero-order chi connectivity index (χ0) is 23.9. The third kappa shape index (κ3) is 4.94. The molecule has 0 radical (unpaired) electrons. The molecule has 2 N–H and O–H groups in total. The van der Waals surface area contributed by atoms with E-state index in [-0.39, 0.29) is 15.6 Å². The second-order valence-electron chi connectivity index (χ2n) is 7.45. The third-order valence-corrected chi connectivity index (χ3v) is 6.78. The number of carbonyl (C=O) groups is 2. The lowest BCUT2D eigenvalue weighted by molar-refractivity contribution is -0.117. The number of hydrogen-bond donors (Lipinski definition) is 2. The van der Waals surface area contributed by atoms with Gasteiger partial charge in [-0.05, 0) is 60.2 Å². The molecular weight excluding hydrogens is 516 g/mol. The summed E-state index contributed by atoms with van der Waals surface area (Å²) >= 11 is 24.6. The summed E-state index contributed by atoms with van der Waals surface area (Å²) < 4.78 is 25.1. The molecule has 1 aliphatic rings. The van der Waals surface area contributed by atoms with Gasteiger partial charge in [0.15, 0.2) is 0 Å². The van der Waals surface area contributed by atoms with Crippen molar-refractivity contribution >= 4 is 69.6 Å². The second-order valence-corrected chi connectivity index (χ2v) is 9.71. The highest BCUT2D eigenvalue weighted by Crippen LogP contribution is 2.65. The minimum absolute atomic E-state index is 0.0967. The van der Waals surface area contributed by atoms with Crippen LogP contribution in [0.3, 0.4) is 0 Å². The number of amides is 2. The zero-order valence-corrected chi connectivity index (χ0v) is 19.5. The van der Waals surface area contributed by atoms with Gasteiger partial charge in [0.05, 0.1) is 21.5 Å². The smallest absolute Gasteiger partial charge is 0.257 e. The summed E-state index contributed by atoms with van der Waals surface area (Å²) in [6.07, 6.45) is 0. The quantitative estimate of drug-likeness (QED) is 0.348. The molecule has 2 atom stereocenters. The van der Waals surface area contributed by atoms with Gasteiger partial charge in [-0.3, -0.25) is 9.59 Å². The number of alkyl halides is 2. The van der Waals surface area contributed by atoms with E-state index < -0.39 is 39.6 Å². The summed E-state index contributed by atoms with van der Waals surface area (Å²) in [5.74, 6) is -3.48. The van der Waals surface area contributed by atoms with Crippen molar-refractivity contribution < 1.29 is 18.4 Å². The first-order valence-corrected chi connectivity index (χ1v) is 11.1. The van der Waals surface area contributed by atoms with Crippen molar-refractivity contribution in [2.45, 2.75) is 10.3 Å². The van der Waals surface area contributed by atoms with Crippen molar-refractivity contribution in [2.75, 3.05) is 10.6 Å². The van der Waals surface area contributed by atoms with Crippen LogP contribution in [0.4, 0.5) is 20.2 Å². The van der Waals surface area contributed by atoms with Gasteiger partial charge in [0, 0.05) is 17.3 Å². The van der Waals surface area contributed by atoms with Crippen molar-refractivity contribution in [1.82, 2.24) is 0 Å². The Morgan fingerprint density at radius 2 is 1.48 bits per heavy atom. The van der Waals surface area contributed by atoms with E-state index in [4.69, 9.17) is 46.4 Å². The highest BCUT2D eigenvalue weighted by molar-refractivity contribution is 6.53. The van der Waals surface area contributed by atoms with E-state index in [2.05, 4.69) is 10.6 Å². The van der Waals surface area contributed by atoms with Crippen molar-refractivity contribution in [1.29, 1.82) is 0 Å². The Morgan fingerprint density at radius 1 is 0.818 bits per heavy atom. The Morgan fingerprint density at radius 3 is 2.15 bits per heavy atom. The van der Waals surface area contributed by atoms with E-state index in [0.29, 0.717) is 16.9 Å². The van der Waals surface area contributed by atoms with Crippen LogP contribution in [0.15, 0.2) is 60.7 Å². The van der Waals surface area contributed by atoms with Crippen molar-refractivity contribution in [3.63, 3.8) is 0 Å². The summed E-state index contributed by atoms with van der Waals surface area (Å²) in [7, 11) is 0. The van der Waals surface area contributed by atoms with Crippen LogP contribution in [0.1, 0.15) is 21.8 Å². The fraction of sp³-hybridized carbons (Fsp3) is 0.130. The van der Waals surface area contributed by atoms with Crippen molar-refractivity contribution in [3.8, 4) is 0 Å². The predicted molar refractivity (Wildman–Crippen MR) is 127 cm³/mol. The summed E-state index contributed by atoms with van der Waals surface area (Å²) in [5.41, 5.74) is 1.29. The summed E-state index contributed by atoms with van der Waals surface area (Å²) in [5, 5.41) is 5.34. The van der Waals surface area contributed by atoms with Gasteiger partial charge in [-0.1, -0.05) is 29.3 Å². The Kier molecular flexibility index (Phi) is 6.56. The Hall–Kier alpha value is -2.38. The van der Waals surface area contributed by atoms with Crippen LogP contribution < -0.4 is 10.6 Å². The maximum absolute atomic E-state index is 13.5. The van der Waals surface area contributed by atoms with E-state index in [0.717, 1.165) is 0 Å². The lowest BCUT2D eigenvalue weighted by atomic mass is 10.1. The molecule has 0 heterocycles. The lowest BCUT2D eigenvalue weighted by Crippen LogP contribution is -2.18. The fourth-order valence-corrected chi connectivity index (χ4v) is 4.72. The molecule has 0 spiro atoms. The maximum atomic E-state index is 13.5. The van der Waals surface area contributed by atoms with Crippen LogP contribution in [0.5, 0.6) is 0 Å². The minimum Gasteiger partial charge on any atom is -0.326 e. The van der Waals surface area contributed by atoms with Gasteiger partial charge in [-0.2, -0.15) is 0 Å². The number of halogens is 6. The average Bonchev–Trinajstić information content (AvgIpc) is 3.35. The topological polar surface area (TPSA) is 58.2 Å². The first kappa shape index (κ1) is 23.8. The molecule has 3 aromatic carbocycles. The van der Waals surface area contributed by atoms with Gasteiger partial charge in [0.2, 0.25) is 5.91 Å². The molecule has 10 heteroatoms. The van der Waals surface area contributed by atoms with Crippen LogP contribution in [0.2, 0.25) is 10.0 Å². The average molecular weight is 530 g/mol. The summed E-state index contributed by atoms with van der Waals surface area (Å²) in [6.45, 7) is 0. The van der Waals surface area contributed by atoms with Crippen molar-refractivity contribution in [2.24, 2.45) is 5.92 Å². The van der Waals surface area contributed by atoms with E-state index in [1.165, 1.54) is 60.7 Å². The van der Waals surface area contributed by atoms with Gasteiger partial charge >= 0.3 is 0 Å². The van der Waals surface area contributed by atoms with Crippen LogP contribution in [-0.2, 0) is 4.79 Å². The number of benzene rings is 3. The molecule has 170 valence electrons. The molecule has 1 fully saturated rings. The molecule has 1 aliphatic carbocycles. The highest BCUT2D eigenvalue weighted by Gasteiger charge is 2.67. The zero-order valence-electron chi connectivity index (χ0n) is 16.5. The van der Waals surface area contributed by atoms with Crippen LogP contribution >= 0.6 is 46.4 Å². The van der Waals surface area contributed by atoms with Crippen LogP contribution in [0.25, 0.3) is 0 Å². The van der Waals surface area contributed by atoms with Gasteiger partial charge in [-0.25, -0.2) is 8.78 Å². The fourth-order valence-electron chi connectivity index (χ4n) is 3.50. The minimum atomic E-state index is -1.40.